The molecule has 0 aromatic heterocycles. The Labute approximate surface area is 107 Å². The Balaban J connectivity index is 2.58. The smallest absolute Gasteiger partial charge is 0.393 e. The normalized spacial score (nSPS) is 29.0. The standard InChI is InChI=1S/C13H24F3NO/c1-3-12(2,9-18)8-17-11-7-5-4-6-10(11)13(14,15)16/h10-11,17-18H,3-9H2,1-2H3. The van der Waals surface area contributed by atoms with Gasteiger partial charge in [-0.3, -0.25) is 0 Å². The summed E-state index contributed by atoms with van der Waals surface area (Å²) in [5.74, 6) is -1.23. The van der Waals surface area contributed by atoms with E-state index in [1.807, 2.05) is 13.8 Å². The van der Waals surface area contributed by atoms with Crippen LogP contribution in [0.2, 0.25) is 0 Å². The maximum absolute atomic E-state index is 12.9. The fourth-order valence-electron chi connectivity index (χ4n) is 2.44. The summed E-state index contributed by atoms with van der Waals surface area (Å²) in [6.45, 7) is 4.28. The molecule has 1 aliphatic carbocycles. The number of aliphatic hydroxyl groups excluding tert-OH is 1. The lowest BCUT2D eigenvalue weighted by atomic mass is 9.82. The number of hydrogen-bond acceptors (Lipinski definition) is 2. The molecule has 1 rings (SSSR count). The molecule has 0 amide bonds. The van der Waals surface area contributed by atoms with Crippen LogP contribution in [-0.4, -0.2) is 30.5 Å². The molecule has 0 spiro atoms. The van der Waals surface area contributed by atoms with Crippen molar-refractivity contribution in [3.8, 4) is 0 Å². The Morgan fingerprint density at radius 2 is 1.83 bits per heavy atom. The van der Waals surface area contributed by atoms with Gasteiger partial charge < -0.3 is 10.4 Å². The van der Waals surface area contributed by atoms with Gasteiger partial charge in [-0.25, -0.2) is 0 Å². The Kier molecular flexibility index (Phi) is 5.46. The lowest BCUT2D eigenvalue weighted by Gasteiger charge is -2.36. The Morgan fingerprint density at radius 3 is 2.33 bits per heavy atom. The fraction of sp³-hybridized carbons (Fsp3) is 1.00. The number of nitrogens with one attached hydrogen (secondary N) is 1. The Hall–Kier alpha value is -0.290. The van der Waals surface area contributed by atoms with E-state index < -0.39 is 18.1 Å². The summed E-state index contributed by atoms with van der Waals surface area (Å²) in [6.07, 6.45) is -1.04. The van der Waals surface area contributed by atoms with Crippen molar-refractivity contribution in [1.82, 2.24) is 5.32 Å². The highest BCUT2D eigenvalue weighted by molar-refractivity contribution is 4.87. The zero-order valence-electron chi connectivity index (χ0n) is 11.2. The van der Waals surface area contributed by atoms with Crippen LogP contribution in [0.3, 0.4) is 0 Å². The van der Waals surface area contributed by atoms with Crippen molar-refractivity contribution in [3.05, 3.63) is 0 Å². The molecule has 0 aliphatic heterocycles. The molecule has 3 unspecified atom stereocenters. The van der Waals surface area contributed by atoms with Crippen molar-refractivity contribution >= 4 is 0 Å². The van der Waals surface area contributed by atoms with Gasteiger partial charge in [0.1, 0.15) is 0 Å². The minimum absolute atomic E-state index is 0.0000947. The van der Waals surface area contributed by atoms with E-state index in [-0.39, 0.29) is 18.4 Å². The third-order valence-corrected chi connectivity index (χ3v) is 4.21. The van der Waals surface area contributed by atoms with Crippen LogP contribution in [0.5, 0.6) is 0 Å². The van der Waals surface area contributed by atoms with Crippen molar-refractivity contribution < 1.29 is 18.3 Å². The van der Waals surface area contributed by atoms with Gasteiger partial charge in [-0.05, 0) is 19.3 Å². The van der Waals surface area contributed by atoms with E-state index >= 15 is 0 Å². The van der Waals surface area contributed by atoms with E-state index in [9.17, 15) is 18.3 Å². The van der Waals surface area contributed by atoms with Gasteiger partial charge in [-0.15, -0.1) is 0 Å². The third-order valence-electron chi connectivity index (χ3n) is 4.21. The number of hydrogen-bond donors (Lipinski definition) is 2. The molecule has 0 saturated heterocycles. The first-order chi connectivity index (χ1) is 8.32. The first-order valence-corrected chi connectivity index (χ1v) is 6.73. The van der Waals surface area contributed by atoms with Crippen LogP contribution in [-0.2, 0) is 0 Å². The summed E-state index contributed by atoms with van der Waals surface area (Å²) in [5.41, 5.74) is -0.326. The van der Waals surface area contributed by atoms with E-state index in [2.05, 4.69) is 5.32 Å². The largest absolute Gasteiger partial charge is 0.396 e. The molecule has 1 saturated carbocycles. The van der Waals surface area contributed by atoms with Gasteiger partial charge in [0.05, 0.1) is 5.92 Å². The second-order valence-electron chi connectivity index (χ2n) is 5.74. The molecule has 18 heavy (non-hydrogen) atoms. The minimum atomic E-state index is -4.11. The van der Waals surface area contributed by atoms with Gasteiger partial charge in [0, 0.05) is 24.6 Å². The molecule has 0 aromatic rings. The van der Waals surface area contributed by atoms with Gasteiger partial charge in [0.2, 0.25) is 0 Å². The molecule has 0 bridgehead atoms. The molecule has 2 nitrogen and oxygen atoms in total. The molecule has 0 heterocycles. The molecule has 3 atom stereocenters. The van der Waals surface area contributed by atoms with Crippen LogP contribution in [0.1, 0.15) is 46.0 Å². The van der Waals surface area contributed by atoms with Gasteiger partial charge >= 0.3 is 6.18 Å². The van der Waals surface area contributed by atoms with Crippen LogP contribution in [0, 0.1) is 11.3 Å². The van der Waals surface area contributed by atoms with Crippen LogP contribution >= 0.6 is 0 Å². The third kappa shape index (κ3) is 4.12. The lowest BCUT2D eigenvalue weighted by Crippen LogP contribution is -2.49. The van der Waals surface area contributed by atoms with E-state index in [1.54, 1.807) is 0 Å². The highest BCUT2D eigenvalue weighted by atomic mass is 19.4. The molecule has 108 valence electrons. The second-order valence-corrected chi connectivity index (χ2v) is 5.74. The van der Waals surface area contributed by atoms with Crippen LogP contribution in [0.25, 0.3) is 0 Å². The number of alkyl halides is 3. The quantitative estimate of drug-likeness (QED) is 0.802. The molecule has 0 radical (unpaired) electrons. The van der Waals surface area contributed by atoms with Crippen molar-refractivity contribution in [2.45, 2.75) is 58.2 Å². The molecule has 5 heteroatoms. The zero-order valence-corrected chi connectivity index (χ0v) is 11.2. The summed E-state index contributed by atoms with van der Waals surface area (Å²) >= 11 is 0. The average molecular weight is 267 g/mol. The second kappa shape index (κ2) is 6.24. The molecular formula is C13H24F3NO. The highest BCUT2D eigenvalue weighted by Crippen LogP contribution is 2.38. The van der Waals surface area contributed by atoms with E-state index in [1.165, 1.54) is 0 Å². The SMILES string of the molecule is CCC(C)(CO)CNC1CCCCC1C(F)(F)F. The number of halogens is 3. The van der Waals surface area contributed by atoms with Crippen molar-refractivity contribution in [2.75, 3.05) is 13.2 Å². The molecule has 2 N–H and O–H groups in total. The molecule has 0 aromatic carbocycles. The summed E-state index contributed by atoms with van der Waals surface area (Å²) < 4.78 is 38.7. The van der Waals surface area contributed by atoms with Crippen molar-refractivity contribution in [3.63, 3.8) is 0 Å². The van der Waals surface area contributed by atoms with Gasteiger partial charge in [0.25, 0.3) is 0 Å². The number of rotatable bonds is 5. The van der Waals surface area contributed by atoms with E-state index in [4.69, 9.17) is 0 Å². The van der Waals surface area contributed by atoms with E-state index in [0.717, 1.165) is 12.8 Å². The first-order valence-electron chi connectivity index (χ1n) is 6.73. The van der Waals surface area contributed by atoms with Crippen LogP contribution in [0.4, 0.5) is 13.2 Å². The van der Waals surface area contributed by atoms with Gasteiger partial charge in [-0.1, -0.05) is 26.7 Å². The lowest BCUT2D eigenvalue weighted by molar-refractivity contribution is -0.189. The van der Waals surface area contributed by atoms with Crippen LogP contribution in [0.15, 0.2) is 0 Å². The predicted molar refractivity (Wildman–Crippen MR) is 65.3 cm³/mol. The maximum atomic E-state index is 12.9. The summed E-state index contributed by atoms with van der Waals surface area (Å²) in [4.78, 5) is 0. The monoisotopic (exact) mass is 267 g/mol. The fourth-order valence-corrected chi connectivity index (χ4v) is 2.44. The van der Waals surface area contributed by atoms with Gasteiger partial charge in [0.15, 0.2) is 0 Å². The molecular weight excluding hydrogens is 243 g/mol. The Bertz CT molecular complexity index is 251. The van der Waals surface area contributed by atoms with Crippen LogP contribution < -0.4 is 5.32 Å². The predicted octanol–water partition coefficient (Wildman–Crippen LogP) is 3.11. The summed E-state index contributed by atoms with van der Waals surface area (Å²) in [5, 5.41) is 12.3. The zero-order chi connectivity index (χ0) is 13.8. The van der Waals surface area contributed by atoms with Crippen molar-refractivity contribution in [1.29, 1.82) is 0 Å². The minimum Gasteiger partial charge on any atom is -0.396 e. The van der Waals surface area contributed by atoms with E-state index in [0.29, 0.717) is 19.4 Å². The molecule has 1 fully saturated rings. The Morgan fingerprint density at radius 1 is 1.22 bits per heavy atom. The topological polar surface area (TPSA) is 32.3 Å². The summed E-state index contributed by atoms with van der Waals surface area (Å²) in [7, 11) is 0. The highest BCUT2D eigenvalue weighted by Gasteiger charge is 2.45. The number of aliphatic hydroxyl groups is 1. The van der Waals surface area contributed by atoms with Gasteiger partial charge in [-0.2, -0.15) is 13.2 Å². The average Bonchev–Trinajstić information content (AvgIpc) is 2.35. The summed E-state index contributed by atoms with van der Waals surface area (Å²) in [6, 6.07) is -0.490. The maximum Gasteiger partial charge on any atom is 0.393 e. The van der Waals surface area contributed by atoms with Crippen molar-refractivity contribution in [2.24, 2.45) is 11.3 Å². The molecule has 1 aliphatic rings. The first kappa shape index (κ1) is 15.8.